The molecule has 2 unspecified atom stereocenters. The lowest BCUT2D eigenvalue weighted by atomic mass is 10.1. The molecule has 110 valence electrons. The van der Waals surface area contributed by atoms with Gasteiger partial charge in [0.25, 0.3) is 0 Å². The summed E-state index contributed by atoms with van der Waals surface area (Å²) in [5, 5.41) is 0. The Balaban J connectivity index is 2.05. The van der Waals surface area contributed by atoms with Gasteiger partial charge < -0.3 is 14.2 Å². The highest BCUT2D eigenvalue weighted by Crippen LogP contribution is 2.24. The van der Waals surface area contributed by atoms with Crippen LogP contribution in [0.5, 0.6) is 0 Å². The molecule has 1 heterocycles. The number of hydrogen-bond donors (Lipinski definition) is 0. The fraction of sp³-hybridized carbons (Fsp3) is 0.562. The minimum absolute atomic E-state index is 0.0883. The lowest BCUT2D eigenvalue weighted by Crippen LogP contribution is -2.22. The zero-order valence-corrected chi connectivity index (χ0v) is 12.2. The van der Waals surface area contributed by atoms with Crippen molar-refractivity contribution in [3.05, 3.63) is 35.9 Å². The quantitative estimate of drug-likeness (QED) is 0.718. The minimum Gasteiger partial charge on any atom is -0.481 e. The van der Waals surface area contributed by atoms with Gasteiger partial charge in [-0.1, -0.05) is 30.3 Å². The first-order chi connectivity index (χ1) is 9.79. The number of aliphatic imine (C=N–C) groups is 1. The molecule has 2 rings (SSSR count). The predicted octanol–water partition coefficient (Wildman–Crippen LogP) is 3.34. The number of rotatable bonds is 7. The summed E-state index contributed by atoms with van der Waals surface area (Å²) in [4.78, 5) is 4.42. The lowest BCUT2D eigenvalue weighted by molar-refractivity contribution is -0.158. The van der Waals surface area contributed by atoms with Crippen LogP contribution in [0.25, 0.3) is 0 Å². The monoisotopic (exact) mass is 277 g/mol. The van der Waals surface area contributed by atoms with E-state index < -0.39 is 0 Å². The summed E-state index contributed by atoms with van der Waals surface area (Å²) in [5.74, 6) is 0.786. The largest absolute Gasteiger partial charge is 0.481 e. The zero-order valence-electron chi connectivity index (χ0n) is 12.2. The number of nitrogens with zero attached hydrogens (tertiary/aromatic N) is 1. The molecule has 20 heavy (non-hydrogen) atoms. The molecule has 4 heteroatoms. The molecule has 0 radical (unpaired) electrons. The molecule has 1 aromatic rings. The highest BCUT2D eigenvalue weighted by molar-refractivity contribution is 5.77. The van der Waals surface area contributed by atoms with Crippen LogP contribution in [-0.4, -0.2) is 31.9 Å². The van der Waals surface area contributed by atoms with Crippen molar-refractivity contribution in [1.82, 2.24) is 0 Å². The summed E-state index contributed by atoms with van der Waals surface area (Å²) in [6.45, 7) is 6.12. The van der Waals surface area contributed by atoms with Crippen LogP contribution in [0.3, 0.4) is 0 Å². The molecule has 1 aromatic carbocycles. The third-order valence-electron chi connectivity index (χ3n) is 3.15. The van der Waals surface area contributed by atoms with Crippen molar-refractivity contribution in [3.63, 3.8) is 0 Å². The van der Waals surface area contributed by atoms with Gasteiger partial charge in [-0.2, -0.15) is 0 Å². The Morgan fingerprint density at radius 2 is 2.10 bits per heavy atom. The average molecular weight is 277 g/mol. The van der Waals surface area contributed by atoms with Crippen molar-refractivity contribution in [2.24, 2.45) is 4.99 Å². The van der Waals surface area contributed by atoms with Gasteiger partial charge in [0.05, 0.1) is 19.1 Å². The maximum atomic E-state index is 6.00. The van der Waals surface area contributed by atoms with Crippen LogP contribution in [0, 0.1) is 0 Å². The molecule has 0 aliphatic carbocycles. The minimum atomic E-state index is -0.241. The van der Waals surface area contributed by atoms with Crippen molar-refractivity contribution in [3.8, 4) is 0 Å². The van der Waals surface area contributed by atoms with Crippen LogP contribution >= 0.6 is 0 Å². The Hall–Kier alpha value is -1.39. The molecule has 0 N–H and O–H groups in total. The Kier molecular flexibility index (Phi) is 6.02. The van der Waals surface area contributed by atoms with E-state index in [1.807, 2.05) is 32.0 Å². The van der Waals surface area contributed by atoms with Crippen LogP contribution in [0.2, 0.25) is 0 Å². The molecule has 1 aliphatic rings. The van der Waals surface area contributed by atoms with E-state index in [2.05, 4.69) is 17.1 Å². The first-order valence-electron chi connectivity index (χ1n) is 7.27. The average Bonchev–Trinajstić information content (AvgIpc) is 2.49. The summed E-state index contributed by atoms with van der Waals surface area (Å²) < 4.78 is 17.1. The lowest BCUT2D eigenvalue weighted by Gasteiger charge is -2.24. The Morgan fingerprint density at radius 3 is 2.75 bits per heavy atom. The maximum absolute atomic E-state index is 6.00. The third-order valence-corrected chi connectivity index (χ3v) is 3.15. The van der Waals surface area contributed by atoms with Crippen LogP contribution in [-0.2, 0) is 14.2 Å². The SMILES string of the molecule is CCOC(C)OC(CC1=NCCCO1)c1ccccc1. The number of ether oxygens (including phenoxy) is 3. The molecule has 1 aliphatic heterocycles. The van der Waals surface area contributed by atoms with Gasteiger partial charge in [-0.25, -0.2) is 0 Å². The molecule has 0 fully saturated rings. The highest BCUT2D eigenvalue weighted by Gasteiger charge is 2.20. The van der Waals surface area contributed by atoms with Crippen molar-refractivity contribution >= 4 is 5.90 Å². The summed E-state index contributed by atoms with van der Waals surface area (Å²) in [6, 6.07) is 10.2. The van der Waals surface area contributed by atoms with Crippen LogP contribution in [0.4, 0.5) is 0 Å². The van der Waals surface area contributed by atoms with E-state index in [0.717, 1.165) is 31.0 Å². The fourth-order valence-corrected chi connectivity index (χ4v) is 2.20. The second kappa shape index (κ2) is 8.02. The molecule has 0 amide bonds. The smallest absolute Gasteiger partial charge is 0.186 e. The fourth-order valence-electron chi connectivity index (χ4n) is 2.20. The molecule has 0 bridgehead atoms. The maximum Gasteiger partial charge on any atom is 0.186 e. The van der Waals surface area contributed by atoms with E-state index >= 15 is 0 Å². The van der Waals surface area contributed by atoms with E-state index in [1.54, 1.807) is 0 Å². The first-order valence-corrected chi connectivity index (χ1v) is 7.27. The van der Waals surface area contributed by atoms with Gasteiger partial charge in [0.15, 0.2) is 12.2 Å². The second-order valence-electron chi connectivity index (χ2n) is 4.74. The van der Waals surface area contributed by atoms with E-state index in [1.165, 1.54) is 0 Å². The summed E-state index contributed by atoms with van der Waals surface area (Å²) >= 11 is 0. The summed E-state index contributed by atoms with van der Waals surface area (Å²) in [5.41, 5.74) is 1.12. The van der Waals surface area contributed by atoms with Crippen LogP contribution in [0.15, 0.2) is 35.3 Å². The van der Waals surface area contributed by atoms with Gasteiger partial charge in [-0.3, -0.25) is 4.99 Å². The number of hydrogen-bond acceptors (Lipinski definition) is 4. The second-order valence-corrected chi connectivity index (χ2v) is 4.74. The van der Waals surface area contributed by atoms with E-state index in [0.29, 0.717) is 13.0 Å². The molecule has 2 atom stereocenters. The van der Waals surface area contributed by atoms with Gasteiger partial charge in [0.2, 0.25) is 0 Å². The van der Waals surface area contributed by atoms with Crippen molar-refractivity contribution in [1.29, 1.82) is 0 Å². The van der Waals surface area contributed by atoms with Gasteiger partial charge in [0.1, 0.15) is 0 Å². The Morgan fingerprint density at radius 1 is 1.30 bits per heavy atom. The van der Waals surface area contributed by atoms with Crippen molar-refractivity contribution < 1.29 is 14.2 Å². The van der Waals surface area contributed by atoms with Gasteiger partial charge >= 0.3 is 0 Å². The van der Waals surface area contributed by atoms with Gasteiger partial charge in [0, 0.05) is 19.6 Å². The normalized spacial score (nSPS) is 18.0. The summed E-state index contributed by atoms with van der Waals surface area (Å²) in [7, 11) is 0. The van der Waals surface area contributed by atoms with E-state index in [-0.39, 0.29) is 12.4 Å². The predicted molar refractivity (Wildman–Crippen MR) is 78.8 cm³/mol. The molecular formula is C16H23NO3. The molecule has 0 aromatic heterocycles. The Labute approximate surface area is 120 Å². The highest BCUT2D eigenvalue weighted by atomic mass is 16.7. The zero-order chi connectivity index (χ0) is 14.2. The summed E-state index contributed by atoms with van der Waals surface area (Å²) in [6.07, 6.45) is 1.32. The number of benzene rings is 1. The third kappa shape index (κ3) is 4.62. The topological polar surface area (TPSA) is 40.0 Å². The Bertz CT molecular complexity index is 419. The van der Waals surface area contributed by atoms with Crippen molar-refractivity contribution in [2.45, 2.75) is 39.1 Å². The van der Waals surface area contributed by atoms with Gasteiger partial charge in [-0.15, -0.1) is 0 Å². The standard InChI is InChI=1S/C16H23NO3/c1-3-18-13(2)20-15(14-8-5-4-6-9-14)12-16-17-10-7-11-19-16/h4-6,8-9,13,15H,3,7,10-12H2,1-2H3. The van der Waals surface area contributed by atoms with E-state index in [4.69, 9.17) is 14.2 Å². The van der Waals surface area contributed by atoms with Crippen molar-refractivity contribution in [2.75, 3.05) is 19.8 Å². The molecule has 0 spiro atoms. The molecular weight excluding hydrogens is 254 g/mol. The van der Waals surface area contributed by atoms with E-state index in [9.17, 15) is 0 Å². The first kappa shape index (κ1) is 15.0. The molecule has 4 nitrogen and oxygen atoms in total. The molecule has 0 saturated carbocycles. The molecule has 0 saturated heterocycles. The van der Waals surface area contributed by atoms with Gasteiger partial charge in [-0.05, 0) is 19.4 Å². The van der Waals surface area contributed by atoms with Crippen LogP contribution < -0.4 is 0 Å². The van der Waals surface area contributed by atoms with Crippen LogP contribution in [0.1, 0.15) is 38.4 Å².